The molecule has 21 heavy (non-hydrogen) atoms. The average molecular weight is 316 g/mol. The van der Waals surface area contributed by atoms with Crippen molar-refractivity contribution in [1.82, 2.24) is 10.4 Å². The van der Waals surface area contributed by atoms with Gasteiger partial charge in [0, 0.05) is 13.0 Å². The Morgan fingerprint density at radius 3 is 2.52 bits per heavy atom. The first-order valence-corrected chi connectivity index (χ1v) is 7.71. The SMILES string of the molecule is COc1ccc(S(=O)(=O)[C@H]2C[C@H](O)N(NC(=O)O)C2)cc1. The van der Waals surface area contributed by atoms with E-state index in [1.165, 1.54) is 31.4 Å². The molecule has 1 amide bonds. The van der Waals surface area contributed by atoms with Crippen LogP contribution in [0.25, 0.3) is 0 Å². The van der Waals surface area contributed by atoms with Gasteiger partial charge in [-0.3, -0.25) is 5.43 Å². The fourth-order valence-electron chi connectivity index (χ4n) is 2.20. The normalized spacial score (nSPS) is 23.0. The van der Waals surface area contributed by atoms with Crippen LogP contribution in [-0.4, -0.2) is 54.9 Å². The molecule has 116 valence electrons. The van der Waals surface area contributed by atoms with Crippen LogP contribution in [0, 0.1) is 0 Å². The summed E-state index contributed by atoms with van der Waals surface area (Å²) >= 11 is 0. The number of nitrogens with one attached hydrogen (secondary N) is 1. The van der Waals surface area contributed by atoms with Gasteiger partial charge in [-0.15, -0.1) is 0 Å². The Bertz CT molecular complexity index is 615. The zero-order valence-corrected chi connectivity index (χ0v) is 12.1. The van der Waals surface area contributed by atoms with Crippen LogP contribution < -0.4 is 10.2 Å². The maximum absolute atomic E-state index is 12.5. The molecule has 2 rings (SSSR count). The Hall–Kier alpha value is -1.84. The second-order valence-electron chi connectivity index (χ2n) is 4.63. The van der Waals surface area contributed by atoms with Crippen LogP contribution in [0.5, 0.6) is 5.75 Å². The van der Waals surface area contributed by atoms with Gasteiger partial charge in [-0.2, -0.15) is 5.01 Å². The summed E-state index contributed by atoms with van der Waals surface area (Å²) in [7, 11) is -2.18. The number of methoxy groups -OCH3 is 1. The minimum Gasteiger partial charge on any atom is -0.497 e. The van der Waals surface area contributed by atoms with E-state index in [2.05, 4.69) is 0 Å². The predicted octanol–water partition coefficient (Wildman–Crippen LogP) is 0.0442. The number of benzene rings is 1. The number of aliphatic hydroxyl groups excluding tert-OH is 1. The lowest BCUT2D eigenvalue weighted by Crippen LogP contribution is -2.45. The highest BCUT2D eigenvalue weighted by atomic mass is 32.2. The molecule has 0 unspecified atom stereocenters. The second-order valence-corrected chi connectivity index (χ2v) is 6.86. The van der Waals surface area contributed by atoms with E-state index in [-0.39, 0.29) is 17.9 Å². The third-order valence-electron chi connectivity index (χ3n) is 3.30. The summed E-state index contributed by atoms with van der Waals surface area (Å²) in [6.45, 7) is -0.109. The Labute approximate surface area is 121 Å². The zero-order chi connectivity index (χ0) is 15.6. The Balaban J connectivity index is 2.18. The number of aliphatic hydroxyl groups is 1. The summed E-state index contributed by atoms with van der Waals surface area (Å²) in [6, 6.07) is 5.92. The van der Waals surface area contributed by atoms with Crippen molar-refractivity contribution in [2.24, 2.45) is 0 Å². The summed E-state index contributed by atoms with van der Waals surface area (Å²) in [5, 5.41) is 18.5. The monoisotopic (exact) mass is 316 g/mol. The van der Waals surface area contributed by atoms with Crippen molar-refractivity contribution in [3.05, 3.63) is 24.3 Å². The van der Waals surface area contributed by atoms with Gasteiger partial charge in [0.05, 0.1) is 17.3 Å². The molecule has 0 spiro atoms. The van der Waals surface area contributed by atoms with Gasteiger partial charge in [0.25, 0.3) is 0 Å². The van der Waals surface area contributed by atoms with Gasteiger partial charge >= 0.3 is 6.09 Å². The van der Waals surface area contributed by atoms with Crippen molar-refractivity contribution >= 4 is 15.9 Å². The fourth-order valence-corrected chi connectivity index (χ4v) is 3.89. The summed E-state index contributed by atoms with van der Waals surface area (Å²) in [5.74, 6) is 0.537. The van der Waals surface area contributed by atoms with Crippen LogP contribution in [0.1, 0.15) is 6.42 Å². The summed E-state index contributed by atoms with van der Waals surface area (Å²) in [4.78, 5) is 10.7. The van der Waals surface area contributed by atoms with E-state index in [0.29, 0.717) is 5.75 Å². The molecule has 0 aromatic heterocycles. The smallest absolute Gasteiger partial charge is 0.419 e. The molecule has 1 aromatic rings. The van der Waals surface area contributed by atoms with Gasteiger partial charge in [0.2, 0.25) is 0 Å². The van der Waals surface area contributed by atoms with E-state index in [1.54, 1.807) is 0 Å². The molecule has 1 saturated heterocycles. The Morgan fingerprint density at radius 2 is 2.00 bits per heavy atom. The largest absolute Gasteiger partial charge is 0.497 e. The van der Waals surface area contributed by atoms with E-state index in [4.69, 9.17) is 9.84 Å². The van der Waals surface area contributed by atoms with Gasteiger partial charge in [0.15, 0.2) is 9.84 Å². The highest BCUT2D eigenvalue weighted by molar-refractivity contribution is 7.92. The Kier molecular flexibility index (Phi) is 4.35. The van der Waals surface area contributed by atoms with Gasteiger partial charge in [-0.25, -0.2) is 13.2 Å². The van der Waals surface area contributed by atoms with E-state index in [9.17, 15) is 18.3 Å². The van der Waals surface area contributed by atoms with Crippen molar-refractivity contribution in [3.63, 3.8) is 0 Å². The minimum absolute atomic E-state index is 0.0609. The van der Waals surface area contributed by atoms with Crippen LogP contribution in [0.15, 0.2) is 29.2 Å². The third-order valence-corrected chi connectivity index (χ3v) is 5.45. The highest BCUT2D eigenvalue weighted by Crippen LogP contribution is 2.27. The Morgan fingerprint density at radius 1 is 1.38 bits per heavy atom. The number of carbonyl (C=O) groups is 1. The molecular formula is C12H16N2O6S. The number of amides is 1. The molecule has 1 heterocycles. The highest BCUT2D eigenvalue weighted by Gasteiger charge is 2.40. The molecule has 1 aliphatic heterocycles. The number of carboxylic acid groups (broad SMARTS) is 1. The maximum Gasteiger partial charge on any atom is 0.419 e. The molecule has 0 aliphatic carbocycles. The van der Waals surface area contributed by atoms with Crippen LogP contribution in [0.4, 0.5) is 4.79 Å². The number of hydrogen-bond donors (Lipinski definition) is 3. The van der Waals surface area contributed by atoms with E-state index < -0.39 is 27.4 Å². The fraction of sp³-hybridized carbons (Fsp3) is 0.417. The van der Waals surface area contributed by atoms with E-state index in [0.717, 1.165) is 5.01 Å². The van der Waals surface area contributed by atoms with Crippen molar-refractivity contribution in [1.29, 1.82) is 0 Å². The average Bonchev–Trinajstić information content (AvgIpc) is 2.80. The van der Waals surface area contributed by atoms with Crippen molar-refractivity contribution in [2.45, 2.75) is 22.8 Å². The number of hydrazine groups is 1. The third kappa shape index (κ3) is 3.26. The van der Waals surface area contributed by atoms with Gasteiger partial charge < -0.3 is 14.9 Å². The summed E-state index contributed by atoms with van der Waals surface area (Å²) in [6.07, 6.45) is -2.58. The molecule has 1 aromatic carbocycles. The van der Waals surface area contributed by atoms with Crippen molar-refractivity contribution < 1.29 is 28.2 Å². The predicted molar refractivity (Wildman–Crippen MR) is 72.5 cm³/mol. The minimum atomic E-state index is -3.66. The quantitative estimate of drug-likeness (QED) is 0.718. The van der Waals surface area contributed by atoms with Crippen molar-refractivity contribution in [3.8, 4) is 5.75 Å². The first kappa shape index (κ1) is 15.5. The lowest BCUT2D eigenvalue weighted by atomic mass is 10.3. The summed E-state index contributed by atoms with van der Waals surface area (Å²) < 4.78 is 29.9. The molecule has 2 atom stereocenters. The van der Waals surface area contributed by atoms with Crippen molar-refractivity contribution in [2.75, 3.05) is 13.7 Å². The second kappa shape index (κ2) is 5.88. The van der Waals surface area contributed by atoms with E-state index >= 15 is 0 Å². The lowest BCUT2D eigenvalue weighted by molar-refractivity contribution is 0.00523. The number of nitrogens with zero attached hydrogens (tertiary/aromatic N) is 1. The van der Waals surface area contributed by atoms with E-state index in [1.807, 2.05) is 5.43 Å². The van der Waals surface area contributed by atoms with Gasteiger partial charge in [-0.05, 0) is 24.3 Å². The topological polar surface area (TPSA) is 116 Å². The molecular weight excluding hydrogens is 300 g/mol. The summed E-state index contributed by atoms with van der Waals surface area (Å²) in [5.41, 5.74) is 1.98. The van der Waals surface area contributed by atoms with Crippen LogP contribution >= 0.6 is 0 Å². The molecule has 0 saturated carbocycles. The van der Waals surface area contributed by atoms with Crippen LogP contribution in [0.2, 0.25) is 0 Å². The number of hydrogen-bond acceptors (Lipinski definition) is 6. The molecule has 1 aliphatic rings. The molecule has 0 radical (unpaired) electrons. The van der Waals surface area contributed by atoms with Crippen LogP contribution in [-0.2, 0) is 9.84 Å². The maximum atomic E-state index is 12.5. The standard InChI is InChI=1S/C12H16N2O6S/c1-20-8-2-4-9(5-3-8)21(18,19)10-6-11(15)14(7-10)13-12(16)17/h2-5,10-11,13,15H,6-7H2,1H3,(H,16,17)/t10-,11-/m0/s1. The number of rotatable bonds is 4. The molecule has 9 heteroatoms. The lowest BCUT2D eigenvalue weighted by Gasteiger charge is -2.18. The molecule has 0 bridgehead atoms. The molecule has 8 nitrogen and oxygen atoms in total. The van der Waals surface area contributed by atoms with Gasteiger partial charge in [-0.1, -0.05) is 0 Å². The number of sulfone groups is 1. The first-order chi connectivity index (χ1) is 9.84. The van der Waals surface area contributed by atoms with Crippen LogP contribution in [0.3, 0.4) is 0 Å². The first-order valence-electron chi connectivity index (χ1n) is 6.17. The van der Waals surface area contributed by atoms with Gasteiger partial charge in [0.1, 0.15) is 12.0 Å². The number of ether oxygens (including phenoxy) is 1. The molecule has 3 N–H and O–H groups in total. The molecule has 1 fully saturated rings. The zero-order valence-electron chi connectivity index (χ0n) is 11.3.